The number of morpholine rings is 1. The van der Waals surface area contributed by atoms with E-state index in [4.69, 9.17) is 9.47 Å². The Morgan fingerprint density at radius 3 is 2.68 bits per heavy atom. The van der Waals surface area contributed by atoms with E-state index in [0.29, 0.717) is 30.0 Å². The lowest BCUT2D eigenvalue weighted by Gasteiger charge is -2.25. The van der Waals surface area contributed by atoms with E-state index in [1.54, 1.807) is 18.2 Å². The smallest absolute Gasteiger partial charge is 0.414 e. The van der Waals surface area contributed by atoms with Gasteiger partial charge in [-0.25, -0.2) is 9.18 Å². The van der Waals surface area contributed by atoms with E-state index in [2.05, 4.69) is 10.6 Å². The number of fused-ring (bicyclic) bond motifs is 1. The molecule has 2 atom stereocenters. The van der Waals surface area contributed by atoms with Crippen molar-refractivity contribution >= 4 is 34.2 Å². The van der Waals surface area contributed by atoms with Gasteiger partial charge in [0.2, 0.25) is 5.91 Å². The first kappa shape index (κ1) is 24.9. The van der Waals surface area contributed by atoms with E-state index < -0.39 is 18.0 Å². The maximum absolute atomic E-state index is 14.7. The van der Waals surface area contributed by atoms with Crippen molar-refractivity contribution in [2.45, 2.75) is 25.0 Å². The lowest BCUT2D eigenvalue weighted by atomic mass is 10.0. The molecule has 0 bridgehead atoms. The van der Waals surface area contributed by atoms with Crippen LogP contribution in [0.5, 0.6) is 0 Å². The second-order valence-corrected chi connectivity index (χ2v) is 9.17. The average molecular weight is 506 g/mol. The maximum Gasteiger partial charge on any atom is 0.414 e. The van der Waals surface area contributed by atoms with Crippen LogP contribution in [0.25, 0.3) is 10.8 Å². The lowest BCUT2D eigenvalue weighted by molar-refractivity contribution is -0.121. The third kappa shape index (κ3) is 5.79. The van der Waals surface area contributed by atoms with Gasteiger partial charge in [-0.1, -0.05) is 42.5 Å². The number of benzene rings is 3. The van der Waals surface area contributed by atoms with Crippen LogP contribution in [-0.4, -0.2) is 56.7 Å². The minimum absolute atomic E-state index is 0.0286. The van der Waals surface area contributed by atoms with Gasteiger partial charge < -0.3 is 20.1 Å². The molecule has 2 aliphatic rings. The second kappa shape index (κ2) is 11.1. The molecule has 2 saturated heterocycles. The van der Waals surface area contributed by atoms with Crippen LogP contribution in [0.3, 0.4) is 0 Å². The number of carbonyl (C=O) groups is 3. The molecule has 9 heteroatoms. The van der Waals surface area contributed by atoms with Crippen LogP contribution < -0.4 is 15.5 Å². The number of ether oxygens (including phenoxy) is 2. The van der Waals surface area contributed by atoms with Crippen molar-refractivity contribution in [2.75, 3.05) is 37.7 Å². The summed E-state index contributed by atoms with van der Waals surface area (Å²) in [6, 6.07) is 17.8. The van der Waals surface area contributed by atoms with Crippen molar-refractivity contribution in [1.82, 2.24) is 10.6 Å². The summed E-state index contributed by atoms with van der Waals surface area (Å²) in [6.07, 6.45) is -1.45. The highest BCUT2D eigenvalue weighted by Crippen LogP contribution is 2.28. The normalized spacial score (nSPS) is 19.6. The number of anilines is 1. The summed E-state index contributed by atoms with van der Waals surface area (Å²) in [5.74, 6) is -0.869. The van der Waals surface area contributed by atoms with Crippen LogP contribution in [0.2, 0.25) is 0 Å². The van der Waals surface area contributed by atoms with E-state index in [1.165, 1.54) is 11.0 Å². The summed E-state index contributed by atoms with van der Waals surface area (Å²) < 4.78 is 25.7. The summed E-state index contributed by atoms with van der Waals surface area (Å²) in [5.41, 5.74) is 1.38. The van der Waals surface area contributed by atoms with Gasteiger partial charge in [-0.2, -0.15) is 0 Å². The average Bonchev–Trinajstić information content (AvgIpc) is 3.31. The van der Waals surface area contributed by atoms with Crippen molar-refractivity contribution in [2.24, 2.45) is 0 Å². The Balaban J connectivity index is 1.10. The SMILES string of the molecule is O=C(CCC(=O)c1ccc2ccccc2c1)NC[C@H]1CN(c2ccc(C3CNCCO3)c(F)c2)C(=O)O1. The molecule has 5 rings (SSSR count). The summed E-state index contributed by atoms with van der Waals surface area (Å²) in [6.45, 7) is 2.05. The summed E-state index contributed by atoms with van der Waals surface area (Å²) in [7, 11) is 0. The number of Topliss-reactive ketones (excluding diaryl/α,β-unsaturated/α-hetero) is 1. The number of halogens is 1. The first-order chi connectivity index (χ1) is 18.0. The molecule has 1 unspecified atom stereocenters. The van der Waals surface area contributed by atoms with Crippen molar-refractivity contribution in [3.8, 4) is 0 Å². The predicted octanol–water partition coefficient (Wildman–Crippen LogP) is 3.74. The third-order valence-corrected chi connectivity index (χ3v) is 6.62. The molecule has 0 spiro atoms. The Morgan fingerprint density at radius 1 is 1.05 bits per heavy atom. The number of amides is 2. The predicted molar refractivity (Wildman–Crippen MR) is 136 cm³/mol. The zero-order valence-corrected chi connectivity index (χ0v) is 20.2. The van der Waals surface area contributed by atoms with Gasteiger partial charge in [-0.05, 0) is 29.0 Å². The van der Waals surface area contributed by atoms with E-state index >= 15 is 0 Å². The fraction of sp³-hybridized carbons (Fsp3) is 0.321. The number of nitrogens with one attached hydrogen (secondary N) is 2. The van der Waals surface area contributed by atoms with Crippen LogP contribution in [0.15, 0.2) is 60.7 Å². The molecule has 192 valence electrons. The number of cyclic esters (lactones) is 1. The van der Waals surface area contributed by atoms with Gasteiger partial charge in [0.05, 0.1) is 31.5 Å². The second-order valence-electron chi connectivity index (χ2n) is 9.17. The number of hydrogen-bond donors (Lipinski definition) is 2. The summed E-state index contributed by atoms with van der Waals surface area (Å²) in [5, 5.41) is 7.91. The van der Waals surface area contributed by atoms with E-state index in [9.17, 15) is 18.8 Å². The molecule has 0 radical (unpaired) electrons. The molecule has 0 aromatic heterocycles. The van der Waals surface area contributed by atoms with Gasteiger partial charge in [-0.3, -0.25) is 14.5 Å². The quantitative estimate of drug-likeness (QED) is 0.453. The zero-order valence-electron chi connectivity index (χ0n) is 20.2. The molecule has 2 heterocycles. The van der Waals surface area contributed by atoms with E-state index in [0.717, 1.165) is 17.3 Å². The number of hydrogen-bond acceptors (Lipinski definition) is 6. The van der Waals surface area contributed by atoms with Gasteiger partial charge in [0.25, 0.3) is 0 Å². The summed E-state index contributed by atoms with van der Waals surface area (Å²) >= 11 is 0. The fourth-order valence-electron chi connectivity index (χ4n) is 4.60. The third-order valence-electron chi connectivity index (χ3n) is 6.62. The minimum atomic E-state index is -0.603. The lowest BCUT2D eigenvalue weighted by Crippen LogP contribution is -2.35. The molecular formula is C28H28FN3O5. The first-order valence-electron chi connectivity index (χ1n) is 12.4. The Labute approximate surface area is 213 Å². The molecule has 8 nitrogen and oxygen atoms in total. The molecule has 37 heavy (non-hydrogen) atoms. The van der Waals surface area contributed by atoms with E-state index in [-0.39, 0.29) is 43.7 Å². The number of ketones is 1. The molecule has 0 aliphatic carbocycles. The molecule has 2 N–H and O–H groups in total. The Morgan fingerprint density at radius 2 is 1.89 bits per heavy atom. The molecule has 0 saturated carbocycles. The highest BCUT2D eigenvalue weighted by molar-refractivity contribution is 6.01. The number of nitrogens with zero attached hydrogens (tertiary/aromatic N) is 1. The van der Waals surface area contributed by atoms with Crippen LogP contribution in [-0.2, 0) is 14.3 Å². The summed E-state index contributed by atoms with van der Waals surface area (Å²) in [4.78, 5) is 38.6. The van der Waals surface area contributed by atoms with Crippen molar-refractivity contribution in [1.29, 1.82) is 0 Å². The topological polar surface area (TPSA) is 97.0 Å². The molecule has 2 amide bonds. The zero-order chi connectivity index (χ0) is 25.8. The molecule has 2 fully saturated rings. The molecule has 2 aliphatic heterocycles. The van der Waals surface area contributed by atoms with Crippen LogP contribution >= 0.6 is 0 Å². The standard InChI is InChI=1S/C28H28FN3O5/c29-24-14-21(7-8-23(24)26-16-30-11-12-36-26)32-17-22(37-28(32)35)15-31-27(34)10-9-25(33)20-6-5-18-3-1-2-4-19(18)13-20/h1-8,13-14,22,26,30H,9-12,15-17H2,(H,31,34)/t22-,26?/m0/s1. The van der Waals surface area contributed by atoms with Crippen LogP contribution in [0.4, 0.5) is 14.9 Å². The van der Waals surface area contributed by atoms with E-state index in [1.807, 2.05) is 36.4 Å². The van der Waals surface area contributed by atoms with Crippen molar-refractivity contribution in [3.05, 3.63) is 77.6 Å². The highest BCUT2D eigenvalue weighted by Gasteiger charge is 2.33. The van der Waals surface area contributed by atoms with Crippen LogP contribution in [0, 0.1) is 5.82 Å². The monoisotopic (exact) mass is 505 g/mol. The number of rotatable bonds is 8. The Kier molecular flexibility index (Phi) is 7.43. The Hall–Kier alpha value is -3.82. The van der Waals surface area contributed by atoms with Gasteiger partial charge in [0.1, 0.15) is 11.9 Å². The van der Waals surface area contributed by atoms with Crippen molar-refractivity contribution in [3.63, 3.8) is 0 Å². The van der Waals surface area contributed by atoms with Gasteiger partial charge in [-0.15, -0.1) is 0 Å². The van der Waals surface area contributed by atoms with Gasteiger partial charge in [0.15, 0.2) is 5.78 Å². The molecule has 3 aromatic carbocycles. The van der Waals surface area contributed by atoms with Crippen LogP contribution in [0.1, 0.15) is 34.9 Å². The van der Waals surface area contributed by atoms with Gasteiger partial charge in [0, 0.05) is 37.1 Å². The number of carbonyl (C=O) groups excluding carboxylic acids is 3. The molecular weight excluding hydrogens is 477 g/mol. The Bertz CT molecular complexity index is 1320. The highest BCUT2D eigenvalue weighted by atomic mass is 19.1. The molecule has 3 aromatic rings. The van der Waals surface area contributed by atoms with Crippen molar-refractivity contribution < 1.29 is 28.2 Å². The van der Waals surface area contributed by atoms with Gasteiger partial charge >= 0.3 is 6.09 Å². The minimum Gasteiger partial charge on any atom is -0.442 e. The largest absolute Gasteiger partial charge is 0.442 e. The fourth-order valence-corrected chi connectivity index (χ4v) is 4.60. The first-order valence-corrected chi connectivity index (χ1v) is 12.4. The maximum atomic E-state index is 14.7.